The number of anilines is 1. The van der Waals surface area contributed by atoms with E-state index in [4.69, 9.17) is 4.74 Å². The smallest absolute Gasteiger partial charge is 0.146 e. The van der Waals surface area contributed by atoms with Crippen LogP contribution in [0.5, 0.6) is 0 Å². The molecule has 3 nitrogen and oxygen atoms in total. The normalized spacial score (nSPS) is 16.6. The lowest BCUT2D eigenvalue weighted by Crippen LogP contribution is -2.38. The number of para-hydroxylation sites is 1. The number of ether oxygens (including phenoxy) is 1. The summed E-state index contributed by atoms with van der Waals surface area (Å²) in [4.78, 5) is 2.09. The van der Waals surface area contributed by atoms with Crippen molar-refractivity contribution in [3.63, 3.8) is 0 Å². The fourth-order valence-corrected chi connectivity index (χ4v) is 2.61. The molecule has 1 saturated heterocycles. The minimum absolute atomic E-state index is 0.135. The van der Waals surface area contributed by atoms with Gasteiger partial charge in [0.05, 0.1) is 5.69 Å². The van der Waals surface area contributed by atoms with E-state index >= 15 is 0 Å². The summed E-state index contributed by atoms with van der Waals surface area (Å²) in [5.41, 5.74) is 1.76. The Bertz CT molecular complexity index is 405. The molecule has 0 atom stereocenters. The molecule has 0 radical (unpaired) electrons. The highest BCUT2D eigenvalue weighted by molar-refractivity contribution is 5.55. The summed E-state index contributed by atoms with van der Waals surface area (Å²) in [6.07, 6.45) is 1.93. The highest BCUT2D eigenvalue weighted by Crippen LogP contribution is 2.28. The fraction of sp³-hybridized carbons (Fsp3) is 0.600. The van der Waals surface area contributed by atoms with Crippen LogP contribution in [0.25, 0.3) is 0 Å². The van der Waals surface area contributed by atoms with Crippen LogP contribution in [0.15, 0.2) is 18.2 Å². The van der Waals surface area contributed by atoms with E-state index in [2.05, 4.69) is 17.1 Å². The Hall–Kier alpha value is -1.13. The molecule has 1 N–H and O–H groups in total. The van der Waals surface area contributed by atoms with Gasteiger partial charge >= 0.3 is 0 Å². The zero-order chi connectivity index (χ0) is 13.7. The van der Waals surface area contributed by atoms with Gasteiger partial charge in [0.25, 0.3) is 0 Å². The molecule has 0 saturated carbocycles. The predicted molar refractivity (Wildman–Crippen MR) is 76.0 cm³/mol. The highest BCUT2D eigenvalue weighted by atomic mass is 19.1. The molecule has 0 unspecified atom stereocenters. The molecule has 0 spiro atoms. The van der Waals surface area contributed by atoms with Crippen LogP contribution in [-0.4, -0.2) is 32.8 Å². The van der Waals surface area contributed by atoms with Gasteiger partial charge in [0, 0.05) is 32.8 Å². The molecule has 1 aliphatic rings. The van der Waals surface area contributed by atoms with Crippen molar-refractivity contribution in [2.75, 3.05) is 31.7 Å². The van der Waals surface area contributed by atoms with Crippen LogP contribution in [0.1, 0.15) is 25.3 Å². The van der Waals surface area contributed by atoms with Crippen molar-refractivity contribution in [1.29, 1.82) is 0 Å². The Morgan fingerprint density at radius 3 is 2.79 bits per heavy atom. The molecule has 1 aliphatic heterocycles. The molecule has 4 heteroatoms. The van der Waals surface area contributed by atoms with E-state index in [1.165, 1.54) is 0 Å². The van der Waals surface area contributed by atoms with Gasteiger partial charge in [0.2, 0.25) is 0 Å². The first-order valence-corrected chi connectivity index (χ1v) is 7.02. The van der Waals surface area contributed by atoms with Crippen LogP contribution >= 0.6 is 0 Å². The van der Waals surface area contributed by atoms with E-state index in [0.717, 1.165) is 43.9 Å². The van der Waals surface area contributed by atoms with E-state index < -0.39 is 0 Å². The minimum Gasteiger partial charge on any atom is -0.381 e. The monoisotopic (exact) mass is 266 g/mol. The SMILES string of the molecule is CCNCc1cccc(F)c1N(C)C1CCOCC1. The van der Waals surface area contributed by atoms with Crippen molar-refractivity contribution >= 4 is 5.69 Å². The maximum absolute atomic E-state index is 14.2. The number of nitrogens with one attached hydrogen (secondary N) is 1. The van der Waals surface area contributed by atoms with E-state index in [1.807, 2.05) is 13.1 Å². The lowest BCUT2D eigenvalue weighted by atomic mass is 10.0. The Morgan fingerprint density at radius 2 is 2.11 bits per heavy atom. The maximum Gasteiger partial charge on any atom is 0.146 e. The Balaban J connectivity index is 2.20. The van der Waals surface area contributed by atoms with Crippen LogP contribution in [-0.2, 0) is 11.3 Å². The molecule has 106 valence electrons. The van der Waals surface area contributed by atoms with Gasteiger partial charge in [-0.25, -0.2) is 4.39 Å². The Morgan fingerprint density at radius 1 is 1.37 bits per heavy atom. The molecule has 2 rings (SSSR count). The summed E-state index contributed by atoms with van der Waals surface area (Å²) in [5.74, 6) is -0.135. The van der Waals surface area contributed by atoms with Crippen LogP contribution in [0.4, 0.5) is 10.1 Å². The lowest BCUT2D eigenvalue weighted by Gasteiger charge is -2.34. The Kier molecular flexibility index (Phi) is 5.16. The van der Waals surface area contributed by atoms with Crippen LogP contribution in [0.3, 0.4) is 0 Å². The number of hydrogen-bond donors (Lipinski definition) is 1. The Labute approximate surface area is 114 Å². The summed E-state index contributed by atoms with van der Waals surface area (Å²) >= 11 is 0. The first-order valence-electron chi connectivity index (χ1n) is 7.02. The van der Waals surface area contributed by atoms with Gasteiger partial charge in [0.15, 0.2) is 0 Å². The molecule has 1 aromatic rings. The first-order chi connectivity index (χ1) is 9.24. The summed E-state index contributed by atoms with van der Waals surface area (Å²) in [6, 6.07) is 5.69. The van der Waals surface area contributed by atoms with E-state index in [1.54, 1.807) is 12.1 Å². The highest BCUT2D eigenvalue weighted by Gasteiger charge is 2.22. The van der Waals surface area contributed by atoms with Crippen molar-refractivity contribution in [2.45, 2.75) is 32.4 Å². The zero-order valence-corrected chi connectivity index (χ0v) is 11.8. The molecule has 19 heavy (non-hydrogen) atoms. The summed E-state index contributed by atoms with van der Waals surface area (Å²) in [6.45, 7) is 5.19. The first kappa shape index (κ1) is 14.3. The summed E-state index contributed by atoms with van der Waals surface area (Å²) in [5, 5.41) is 3.27. The molecular formula is C15H23FN2O. The third-order valence-corrected chi connectivity index (χ3v) is 3.73. The van der Waals surface area contributed by atoms with Crippen molar-refractivity contribution in [3.05, 3.63) is 29.6 Å². The second kappa shape index (κ2) is 6.87. The van der Waals surface area contributed by atoms with Gasteiger partial charge in [-0.15, -0.1) is 0 Å². The van der Waals surface area contributed by atoms with Crippen molar-refractivity contribution in [3.8, 4) is 0 Å². The van der Waals surface area contributed by atoms with E-state index in [0.29, 0.717) is 12.6 Å². The molecule has 0 amide bonds. The number of nitrogens with zero attached hydrogens (tertiary/aromatic N) is 1. The van der Waals surface area contributed by atoms with Gasteiger partial charge in [0.1, 0.15) is 5.82 Å². The average Bonchev–Trinajstić information content (AvgIpc) is 2.45. The van der Waals surface area contributed by atoms with Crippen molar-refractivity contribution in [2.24, 2.45) is 0 Å². The van der Waals surface area contributed by atoms with Crippen molar-refractivity contribution < 1.29 is 9.13 Å². The van der Waals surface area contributed by atoms with Gasteiger partial charge in [-0.2, -0.15) is 0 Å². The summed E-state index contributed by atoms with van der Waals surface area (Å²) in [7, 11) is 1.99. The quantitative estimate of drug-likeness (QED) is 0.886. The van der Waals surface area contributed by atoms with Crippen LogP contribution < -0.4 is 10.2 Å². The number of hydrogen-bond acceptors (Lipinski definition) is 3. The standard InChI is InChI=1S/C15H23FN2O/c1-3-17-11-12-5-4-6-14(16)15(12)18(2)13-7-9-19-10-8-13/h4-6,13,17H,3,7-11H2,1-2H3. The molecule has 1 fully saturated rings. The molecular weight excluding hydrogens is 243 g/mol. The van der Waals surface area contributed by atoms with Gasteiger partial charge < -0.3 is 15.0 Å². The maximum atomic E-state index is 14.2. The second-order valence-corrected chi connectivity index (χ2v) is 4.98. The third-order valence-electron chi connectivity index (χ3n) is 3.73. The van der Waals surface area contributed by atoms with E-state index in [-0.39, 0.29) is 5.82 Å². The van der Waals surface area contributed by atoms with Crippen LogP contribution in [0, 0.1) is 5.82 Å². The van der Waals surface area contributed by atoms with Crippen LogP contribution in [0.2, 0.25) is 0 Å². The van der Waals surface area contributed by atoms with Gasteiger partial charge in [-0.1, -0.05) is 19.1 Å². The molecule has 1 aromatic carbocycles. The summed E-state index contributed by atoms with van der Waals surface area (Å²) < 4.78 is 19.6. The lowest BCUT2D eigenvalue weighted by molar-refractivity contribution is 0.0853. The number of halogens is 1. The molecule has 0 aromatic heterocycles. The molecule has 0 aliphatic carbocycles. The van der Waals surface area contributed by atoms with E-state index in [9.17, 15) is 4.39 Å². The predicted octanol–water partition coefficient (Wildman–Crippen LogP) is 2.55. The molecule has 0 bridgehead atoms. The molecule has 1 heterocycles. The topological polar surface area (TPSA) is 24.5 Å². The van der Waals surface area contributed by atoms with Crippen molar-refractivity contribution in [1.82, 2.24) is 5.32 Å². The number of rotatable bonds is 5. The largest absolute Gasteiger partial charge is 0.381 e. The average molecular weight is 266 g/mol. The third kappa shape index (κ3) is 3.45. The minimum atomic E-state index is -0.135. The zero-order valence-electron chi connectivity index (χ0n) is 11.8. The fourth-order valence-electron chi connectivity index (χ4n) is 2.61. The van der Waals surface area contributed by atoms with Gasteiger partial charge in [-0.05, 0) is 31.0 Å². The van der Waals surface area contributed by atoms with Gasteiger partial charge in [-0.3, -0.25) is 0 Å². The second-order valence-electron chi connectivity index (χ2n) is 4.98. The number of benzene rings is 1.